The maximum atomic E-state index is 12.6. The van der Waals surface area contributed by atoms with Crippen molar-refractivity contribution >= 4 is 23.6 Å². The van der Waals surface area contributed by atoms with E-state index < -0.39 is 11.5 Å². The Morgan fingerprint density at radius 3 is 2.38 bits per heavy atom. The summed E-state index contributed by atoms with van der Waals surface area (Å²) >= 11 is 1.97. The van der Waals surface area contributed by atoms with Crippen LogP contribution in [0.4, 0.5) is 0 Å². The van der Waals surface area contributed by atoms with Crippen LogP contribution in [0.15, 0.2) is 0 Å². The molecule has 1 amide bonds. The van der Waals surface area contributed by atoms with E-state index in [1.165, 1.54) is 0 Å². The van der Waals surface area contributed by atoms with E-state index >= 15 is 0 Å². The Morgan fingerprint density at radius 2 is 1.81 bits per heavy atom. The highest BCUT2D eigenvalue weighted by molar-refractivity contribution is 7.99. The third kappa shape index (κ3) is 4.38. The lowest BCUT2D eigenvalue weighted by molar-refractivity contribution is -0.146. The van der Waals surface area contributed by atoms with Crippen molar-refractivity contribution < 1.29 is 14.7 Å². The fraction of sp³-hybridized carbons (Fsp3) is 0.875. The second kappa shape index (κ2) is 7.52. The van der Waals surface area contributed by atoms with E-state index in [0.29, 0.717) is 12.3 Å². The van der Waals surface area contributed by atoms with E-state index in [0.717, 1.165) is 56.5 Å². The molecule has 21 heavy (non-hydrogen) atoms. The predicted octanol–water partition coefficient (Wildman–Crippen LogP) is 3.16. The second-order valence-corrected chi connectivity index (χ2v) is 7.79. The van der Waals surface area contributed by atoms with Crippen molar-refractivity contribution in [2.45, 2.75) is 63.3 Å². The minimum atomic E-state index is -0.786. The van der Waals surface area contributed by atoms with Crippen molar-refractivity contribution in [3.63, 3.8) is 0 Å². The average Bonchev–Trinajstić information content (AvgIpc) is 2.47. The summed E-state index contributed by atoms with van der Waals surface area (Å²) in [7, 11) is 1.83. The Morgan fingerprint density at radius 1 is 1.19 bits per heavy atom. The monoisotopic (exact) mass is 313 g/mol. The average molecular weight is 313 g/mol. The molecule has 1 aliphatic heterocycles. The molecule has 0 spiro atoms. The molecule has 1 N–H and O–H groups in total. The van der Waals surface area contributed by atoms with Gasteiger partial charge < -0.3 is 10.0 Å². The highest BCUT2D eigenvalue weighted by atomic mass is 32.2. The maximum absolute atomic E-state index is 12.6. The van der Waals surface area contributed by atoms with Crippen LogP contribution in [-0.2, 0) is 9.59 Å². The number of amides is 1. The molecule has 0 aromatic carbocycles. The molecule has 1 saturated heterocycles. The second-order valence-electron chi connectivity index (χ2n) is 6.57. The molecule has 0 atom stereocenters. The van der Waals surface area contributed by atoms with E-state index in [1.54, 1.807) is 4.90 Å². The molecule has 2 rings (SSSR count). The molecule has 1 saturated carbocycles. The van der Waals surface area contributed by atoms with Crippen LogP contribution in [0.5, 0.6) is 0 Å². The van der Waals surface area contributed by atoms with Gasteiger partial charge in [-0.2, -0.15) is 11.8 Å². The number of hydrogen-bond acceptors (Lipinski definition) is 3. The highest BCUT2D eigenvalue weighted by Gasteiger charge is 2.40. The van der Waals surface area contributed by atoms with Crippen LogP contribution < -0.4 is 0 Å². The highest BCUT2D eigenvalue weighted by Crippen LogP contribution is 2.37. The number of carbonyl (C=O) groups is 2. The van der Waals surface area contributed by atoms with Crippen molar-refractivity contribution in [2.24, 2.45) is 5.92 Å². The summed E-state index contributed by atoms with van der Waals surface area (Å²) in [6, 6.07) is 0. The zero-order valence-corrected chi connectivity index (χ0v) is 13.8. The van der Waals surface area contributed by atoms with Crippen LogP contribution in [0.3, 0.4) is 0 Å². The first-order chi connectivity index (χ1) is 10.0. The predicted molar refractivity (Wildman–Crippen MR) is 85.5 cm³/mol. The van der Waals surface area contributed by atoms with Gasteiger partial charge in [0.05, 0.1) is 12.0 Å². The third-order valence-electron chi connectivity index (χ3n) is 5.15. The van der Waals surface area contributed by atoms with Crippen molar-refractivity contribution in [3.05, 3.63) is 0 Å². The van der Waals surface area contributed by atoms with Crippen LogP contribution in [0.2, 0.25) is 0 Å². The smallest absolute Gasteiger partial charge is 0.305 e. The van der Waals surface area contributed by atoms with Crippen LogP contribution in [0.1, 0.15) is 57.8 Å². The normalized spacial score (nSPS) is 22.7. The Labute approximate surface area is 131 Å². The molecule has 0 radical (unpaired) electrons. The van der Waals surface area contributed by atoms with Crippen LogP contribution >= 0.6 is 11.8 Å². The molecule has 4 nitrogen and oxygen atoms in total. The molecule has 5 heteroatoms. The Kier molecular flexibility index (Phi) is 5.97. The lowest BCUT2D eigenvalue weighted by Gasteiger charge is -2.44. The van der Waals surface area contributed by atoms with Crippen molar-refractivity contribution in [1.82, 2.24) is 4.90 Å². The van der Waals surface area contributed by atoms with E-state index in [-0.39, 0.29) is 12.3 Å². The first kappa shape index (κ1) is 16.7. The zero-order valence-electron chi connectivity index (χ0n) is 13.0. The lowest BCUT2D eigenvalue weighted by atomic mass is 9.77. The molecule has 0 aromatic heterocycles. The fourth-order valence-corrected chi connectivity index (χ4v) is 4.93. The SMILES string of the molecule is CN(C(=O)CC1CCSCC1)C1(CC(=O)O)CCCCC1. The van der Waals surface area contributed by atoms with Gasteiger partial charge in [0.1, 0.15) is 0 Å². The van der Waals surface area contributed by atoms with E-state index in [4.69, 9.17) is 0 Å². The first-order valence-electron chi connectivity index (χ1n) is 8.10. The number of carbonyl (C=O) groups excluding carboxylic acids is 1. The molecule has 2 aliphatic rings. The van der Waals surface area contributed by atoms with E-state index in [9.17, 15) is 14.7 Å². The molecule has 120 valence electrons. The van der Waals surface area contributed by atoms with Gasteiger partial charge in [0.15, 0.2) is 0 Å². The van der Waals surface area contributed by atoms with Gasteiger partial charge in [-0.05, 0) is 43.1 Å². The standard InChI is InChI=1S/C16H27NO3S/c1-17(14(18)11-13-5-9-21-10-6-13)16(12-15(19)20)7-3-2-4-8-16/h13H,2-12H2,1H3,(H,19,20). The molecular formula is C16H27NO3S. The number of nitrogens with zero attached hydrogens (tertiary/aromatic N) is 1. The van der Waals surface area contributed by atoms with Gasteiger partial charge in [-0.3, -0.25) is 9.59 Å². The Hall–Kier alpha value is -0.710. The third-order valence-corrected chi connectivity index (χ3v) is 6.20. The summed E-state index contributed by atoms with van der Waals surface area (Å²) < 4.78 is 0. The van der Waals surface area contributed by atoms with Crippen LogP contribution in [0.25, 0.3) is 0 Å². The maximum Gasteiger partial charge on any atom is 0.305 e. The summed E-state index contributed by atoms with van der Waals surface area (Å²) in [6.07, 6.45) is 7.82. The van der Waals surface area contributed by atoms with Crippen LogP contribution in [0, 0.1) is 5.92 Å². The summed E-state index contributed by atoms with van der Waals surface area (Å²) in [6.45, 7) is 0. The number of hydrogen-bond donors (Lipinski definition) is 1. The number of aliphatic carboxylic acids is 1. The minimum Gasteiger partial charge on any atom is -0.481 e. The van der Waals surface area contributed by atoms with Gasteiger partial charge in [0.2, 0.25) is 5.91 Å². The summed E-state index contributed by atoms with van der Waals surface area (Å²) in [5, 5.41) is 9.24. The van der Waals surface area contributed by atoms with Gasteiger partial charge in [-0.1, -0.05) is 19.3 Å². The Bertz CT molecular complexity index is 374. The van der Waals surface area contributed by atoms with Crippen LogP contribution in [-0.4, -0.2) is 46.0 Å². The number of thioether (sulfide) groups is 1. The molecule has 2 fully saturated rings. The number of carboxylic acid groups (broad SMARTS) is 1. The van der Waals surface area contributed by atoms with Gasteiger partial charge >= 0.3 is 5.97 Å². The molecule has 0 aromatic rings. The summed E-state index contributed by atoms with van der Waals surface area (Å²) in [4.78, 5) is 25.7. The van der Waals surface area contributed by atoms with Gasteiger partial charge in [-0.25, -0.2) is 0 Å². The zero-order chi connectivity index (χ0) is 15.3. The molecular weight excluding hydrogens is 286 g/mol. The number of carboxylic acids is 1. The first-order valence-corrected chi connectivity index (χ1v) is 9.25. The molecule has 0 bridgehead atoms. The van der Waals surface area contributed by atoms with Gasteiger partial charge in [0, 0.05) is 13.5 Å². The topological polar surface area (TPSA) is 57.6 Å². The molecule has 0 unspecified atom stereocenters. The van der Waals surface area contributed by atoms with E-state index in [1.807, 2.05) is 18.8 Å². The summed E-state index contributed by atoms with van der Waals surface area (Å²) in [5.41, 5.74) is -0.440. The van der Waals surface area contributed by atoms with Gasteiger partial charge in [0.25, 0.3) is 0 Å². The quantitative estimate of drug-likeness (QED) is 0.847. The summed E-state index contributed by atoms with van der Waals surface area (Å²) in [5.74, 6) is 2.16. The van der Waals surface area contributed by atoms with Gasteiger partial charge in [-0.15, -0.1) is 0 Å². The number of rotatable bonds is 5. The minimum absolute atomic E-state index is 0.0930. The van der Waals surface area contributed by atoms with E-state index in [2.05, 4.69) is 0 Å². The van der Waals surface area contributed by atoms with Crippen molar-refractivity contribution in [3.8, 4) is 0 Å². The van der Waals surface area contributed by atoms with Crippen molar-refractivity contribution in [1.29, 1.82) is 0 Å². The molecule has 1 heterocycles. The Balaban J connectivity index is 2.00. The largest absolute Gasteiger partial charge is 0.481 e. The molecule has 1 aliphatic carbocycles. The fourth-order valence-electron chi connectivity index (χ4n) is 3.72. The van der Waals surface area contributed by atoms with Crippen molar-refractivity contribution in [2.75, 3.05) is 18.6 Å². The lowest BCUT2D eigenvalue weighted by Crippen LogP contribution is -2.52.